The zero-order chi connectivity index (χ0) is 13.3. The summed E-state index contributed by atoms with van der Waals surface area (Å²) < 4.78 is 0. The number of hydrogen-bond donors (Lipinski definition) is 0. The van der Waals surface area contributed by atoms with Gasteiger partial charge in [-0.15, -0.1) is 0 Å². The van der Waals surface area contributed by atoms with Gasteiger partial charge in [-0.05, 0) is 37.0 Å². The van der Waals surface area contributed by atoms with Gasteiger partial charge in [-0.25, -0.2) is 0 Å². The minimum atomic E-state index is 0.970. The molecule has 2 bridgehead atoms. The SMILES string of the molecule is CCCCCCCCCCCC[C@H]1C[C@H]2C=C[C@H]1C2. The van der Waals surface area contributed by atoms with E-state index in [2.05, 4.69) is 19.1 Å². The topological polar surface area (TPSA) is 0 Å². The van der Waals surface area contributed by atoms with Gasteiger partial charge in [0.05, 0.1) is 0 Å². The van der Waals surface area contributed by atoms with Crippen molar-refractivity contribution in [3.05, 3.63) is 12.2 Å². The molecule has 2 aliphatic rings. The minimum Gasteiger partial charge on any atom is -0.0851 e. The molecule has 2 aliphatic carbocycles. The van der Waals surface area contributed by atoms with E-state index in [0.717, 1.165) is 17.8 Å². The molecule has 0 aromatic rings. The van der Waals surface area contributed by atoms with Gasteiger partial charge in [0.2, 0.25) is 0 Å². The summed E-state index contributed by atoms with van der Waals surface area (Å²) in [4.78, 5) is 0. The lowest BCUT2D eigenvalue weighted by Crippen LogP contribution is -2.06. The summed E-state index contributed by atoms with van der Waals surface area (Å²) in [6.45, 7) is 2.30. The summed E-state index contributed by atoms with van der Waals surface area (Å²) in [5.74, 6) is 3.01. The highest BCUT2D eigenvalue weighted by molar-refractivity contribution is 5.09. The zero-order valence-electron chi connectivity index (χ0n) is 13.1. The molecular formula is C19H34. The Balaban J connectivity index is 1.34. The fraction of sp³-hybridized carbons (Fsp3) is 0.895. The Hall–Kier alpha value is -0.260. The van der Waals surface area contributed by atoms with Crippen molar-refractivity contribution in [2.75, 3.05) is 0 Å². The maximum atomic E-state index is 2.51. The highest BCUT2D eigenvalue weighted by Gasteiger charge is 2.34. The standard InChI is InChI=1S/C19H34/c1-2-3-4-5-6-7-8-9-10-11-12-18-15-17-13-14-19(18)16-17/h13-14,17-19H,2-12,15-16H2,1H3/t17-,18+,19+/m1/s1. The number of allylic oxidation sites excluding steroid dienone is 2. The first-order chi connectivity index (χ1) is 9.40. The summed E-state index contributed by atoms with van der Waals surface area (Å²) >= 11 is 0. The molecule has 0 N–H and O–H groups in total. The maximum absolute atomic E-state index is 2.51. The molecule has 0 saturated heterocycles. The molecule has 110 valence electrons. The average Bonchev–Trinajstić information content (AvgIpc) is 3.03. The van der Waals surface area contributed by atoms with Crippen LogP contribution in [0.25, 0.3) is 0 Å². The van der Waals surface area contributed by atoms with Gasteiger partial charge in [-0.2, -0.15) is 0 Å². The summed E-state index contributed by atoms with van der Waals surface area (Å²) in [6.07, 6.45) is 24.2. The third-order valence-corrected chi connectivity index (χ3v) is 5.34. The molecule has 1 fully saturated rings. The normalized spacial score (nSPS) is 28.4. The van der Waals surface area contributed by atoms with Gasteiger partial charge in [0.1, 0.15) is 0 Å². The van der Waals surface area contributed by atoms with Crippen LogP contribution < -0.4 is 0 Å². The first-order valence-corrected chi connectivity index (χ1v) is 9.08. The van der Waals surface area contributed by atoms with E-state index in [-0.39, 0.29) is 0 Å². The van der Waals surface area contributed by atoms with Crippen molar-refractivity contribution in [2.24, 2.45) is 17.8 Å². The Morgan fingerprint density at radius 1 is 0.737 bits per heavy atom. The van der Waals surface area contributed by atoms with E-state index < -0.39 is 0 Å². The summed E-state index contributed by atoms with van der Waals surface area (Å²) in [5, 5.41) is 0. The first kappa shape index (κ1) is 15.1. The molecule has 0 aromatic carbocycles. The van der Waals surface area contributed by atoms with Crippen molar-refractivity contribution in [3.8, 4) is 0 Å². The Morgan fingerprint density at radius 3 is 1.89 bits per heavy atom. The Kier molecular flexibility index (Phi) is 7.03. The van der Waals surface area contributed by atoms with Crippen molar-refractivity contribution in [1.82, 2.24) is 0 Å². The molecule has 0 nitrogen and oxygen atoms in total. The fourth-order valence-corrected chi connectivity index (χ4v) is 4.12. The molecule has 0 unspecified atom stereocenters. The minimum absolute atomic E-state index is 0.970. The van der Waals surface area contributed by atoms with Gasteiger partial charge in [0.15, 0.2) is 0 Å². The lowest BCUT2D eigenvalue weighted by atomic mass is 9.88. The van der Waals surface area contributed by atoms with Crippen LogP contribution in [-0.4, -0.2) is 0 Å². The van der Waals surface area contributed by atoms with Crippen molar-refractivity contribution in [3.63, 3.8) is 0 Å². The van der Waals surface area contributed by atoms with Crippen molar-refractivity contribution in [1.29, 1.82) is 0 Å². The average molecular weight is 262 g/mol. The van der Waals surface area contributed by atoms with E-state index in [1.165, 1.54) is 83.5 Å². The van der Waals surface area contributed by atoms with Gasteiger partial charge in [0.25, 0.3) is 0 Å². The quantitative estimate of drug-likeness (QED) is 0.294. The molecule has 0 amide bonds. The van der Waals surface area contributed by atoms with E-state index in [9.17, 15) is 0 Å². The van der Waals surface area contributed by atoms with Crippen LogP contribution in [0.2, 0.25) is 0 Å². The van der Waals surface area contributed by atoms with E-state index in [0.29, 0.717) is 0 Å². The van der Waals surface area contributed by atoms with E-state index >= 15 is 0 Å². The number of rotatable bonds is 11. The molecule has 2 rings (SSSR count). The van der Waals surface area contributed by atoms with Crippen LogP contribution in [0.3, 0.4) is 0 Å². The highest BCUT2D eigenvalue weighted by Crippen LogP contribution is 2.45. The molecule has 1 saturated carbocycles. The molecule has 19 heavy (non-hydrogen) atoms. The van der Waals surface area contributed by atoms with Crippen molar-refractivity contribution >= 4 is 0 Å². The van der Waals surface area contributed by atoms with Gasteiger partial charge in [-0.1, -0.05) is 83.3 Å². The van der Waals surface area contributed by atoms with Gasteiger partial charge < -0.3 is 0 Å². The van der Waals surface area contributed by atoms with Crippen LogP contribution >= 0.6 is 0 Å². The maximum Gasteiger partial charge on any atom is -0.0199 e. The predicted molar refractivity (Wildman–Crippen MR) is 85.3 cm³/mol. The van der Waals surface area contributed by atoms with E-state index in [1.807, 2.05) is 0 Å². The molecule has 0 spiro atoms. The van der Waals surface area contributed by atoms with E-state index in [4.69, 9.17) is 0 Å². The smallest absolute Gasteiger partial charge is 0.0199 e. The predicted octanol–water partition coefficient (Wildman–Crippen LogP) is 6.51. The zero-order valence-corrected chi connectivity index (χ0v) is 13.1. The van der Waals surface area contributed by atoms with Crippen LogP contribution in [0.4, 0.5) is 0 Å². The summed E-state index contributed by atoms with van der Waals surface area (Å²) in [7, 11) is 0. The Morgan fingerprint density at radius 2 is 1.37 bits per heavy atom. The summed E-state index contributed by atoms with van der Waals surface area (Å²) in [6, 6.07) is 0. The van der Waals surface area contributed by atoms with Crippen LogP contribution in [-0.2, 0) is 0 Å². The van der Waals surface area contributed by atoms with Gasteiger partial charge in [0, 0.05) is 0 Å². The molecule has 0 aromatic heterocycles. The molecule has 3 atom stereocenters. The van der Waals surface area contributed by atoms with Crippen LogP contribution in [0.5, 0.6) is 0 Å². The second-order valence-electron chi connectivity index (χ2n) is 7.01. The Labute approximate surface area is 121 Å². The molecule has 0 heteroatoms. The highest BCUT2D eigenvalue weighted by atomic mass is 14.4. The van der Waals surface area contributed by atoms with Crippen LogP contribution in [0.15, 0.2) is 12.2 Å². The third-order valence-electron chi connectivity index (χ3n) is 5.34. The van der Waals surface area contributed by atoms with Crippen LogP contribution in [0, 0.1) is 17.8 Å². The number of fused-ring (bicyclic) bond motifs is 2. The second-order valence-corrected chi connectivity index (χ2v) is 7.01. The lowest BCUT2D eigenvalue weighted by molar-refractivity contribution is 0.393. The number of unbranched alkanes of at least 4 members (excludes halogenated alkanes) is 9. The molecule has 0 aliphatic heterocycles. The monoisotopic (exact) mass is 262 g/mol. The Bertz CT molecular complexity index is 253. The van der Waals surface area contributed by atoms with Gasteiger partial charge >= 0.3 is 0 Å². The van der Waals surface area contributed by atoms with E-state index in [1.54, 1.807) is 0 Å². The van der Waals surface area contributed by atoms with Gasteiger partial charge in [-0.3, -0.25) is 0 Å². The first-order valence-electron chi connectivity index (χ1n) is 9.08. The fourth-order valence-electron chi connectivity index (χ4n) is 4.12. The van der Waals surface area contributed by atoms with Crippen LogP contribution in [0.1, 0.15) is 90.4 Å². The van der Waals surface area contributed by atoms with Crippen molar-refractivity contribution in [2.45, 2.75) is 90.4 Å². The second kappa shape index (κ2) is 8.82. The lowest BCUT2D eigenvalue weighted by Gasteiger charge is -2.17. The molecule has 0 radical (unpaired) electrons. The molecular weight excluding hydrogens is 228 g/mol. The third kappa shape index (κ3) is 5.32. The number of hydrogen-bond acceptors (Lipinski definition) is 0. The summed E-state index contributed by atoms with van der Waals surface area (Å²) in [5.41, 5.74) is 0. The largest absolute Gasteiger partial charge is 0.0851 e. The van der Waals surface area contributed by atoms with Crippen molar-refractivity contribution < 1.29 is 0 Å². The molecule has 0 heterocycles.